The van der Waals surface area contributed by atoms with Crippen molar-refractivity contribution >= 4 is 29.1 Å². The third-order valence-corrected chi connectivity index (χ3v) is 5.30. The first kappa shape index (κ1) is 19.3. The van der Waals surface area contributed by atoms with Gasteiger partial charge in [-0.25, -0.2) is 0 Å². The maximum Gasteiger partial charge on any atom is 0.230 e. The number of aliphatic hydroxyl groups excluding tert-OH is 2. The van der Waals surface area contributed by atoms with Gasteiger partial charge in [-0.3, -0.25) is 4.79 Å². The number of halogens is 2. The molecule has 6 nitrogen and oxygen atoms in total. The van der Waals surface area contributed by atoms with Crippen molar-refractivity contribution in [2.24, 2.45) is 17.6 Å². The van der Waals surface area contributed by atoms with Gasteiger partial charge in [0.15, 0.2) is 0 Å². The summed E-state index contributed by atoms with van der Waals surface area (Å²) in [5, 5.41) is 28.9. The first-order chi connectivity index (χ1) is 11.4. The summed E-state index contributed by atoms with van der Waals surface area (Å²) in [6.45, 7) is 0.253. The second-order valence-corrected chi connectivity index (χ2v) is 6.89. The molecular formula is C16H22Cl2N2O4. The molecule has 0 spiro atoms. The fourth-order valence-corrected chi connectivity index (χ4v) is 3.35. The molecule has 0 aliphatic carbocycles. The summed E-state index contributed by atoms with van der Waals surface area (Å²) in [6.07, 6.45) is 1.33. The Kier molecular flexibility index (Phi) is 6.71. The average molecular weight is 377 g/mol. The lowest BCUT2D eigenvalue weighted by atomic mass is 9.85. The van der Waals surface area contributed by atoms with Crippen molar-refractivity contribution in [1.82, 2.24) is 4.90 Å². The summed E-state index contributed by atoms with van der Waals surface area (Å²) >= 11 is 11.9. The number of rotatable bonds is 5. The standard InChI is InChI=1S/C16H22Cl2N2O4/c17-12-5-11(14(23)6-13(12)18)15(19)9-1-3-20(4-2-9)16(24)10(7-21)8-22/h5-6,9-10,15,21-23H,1-4,7-8,19H2/t15-/m1/s1. The number of likely N-dealkylation sites (tertiary alicyclic amines) is 1. The van der Waals surface area contributed by atoms with E-state index in [0.29, 0.717) is 36.5 Å². The molecule has 1 atom stereocenters. The lowest BCUT2D eigenvalue weighted by Gasteiger charge is -2.36. The van der Waals surface area contributed by atoms with Gasteiger partial charge in [-0.15, -0.1) is 0 Å². The quantitative estimate of drug-likeness (QED) is 0.623. The van der Waals surface area contributed by atoms with E-state index in [2.05, 4.69) is 0 Å². The topological polar surface area (TPSA) is 107 Å². The van der Waals surface area contributed by atoms with Crippen LogP contribution in [0.3, 0.4) is 0 Å². The van der Waals surface area contributed by atoms with Crippen LogP contribution in [0.2, 0.25) is 10.0 Å². The van der Waals surface area contributed by atoms with E-state index < -0.39 is 12.0 Å². The second-order valence-electron chi connectivity index (χ2n) is 6.08. The van der Waals surface area contributed by atoms with Crippen LogP contribution in [0.1, 0.15) is 24.4 Å². The Hall–Kier alpha value is -1.05. The van der Waals surface area contributed by atoms with E-state index in [9.17, 15) is 9.90 Å². The molecule has 1 saturated heterocycles. The van der Waals surface area contributed by atoms with Crippen LogP contribution in [0.4, 0.5) is 0 Å². The first-order valence-electron chi connectivity index (χ1n) is 7.83. The van der Waals surface area contributed by atoms with Gasteiger partial charge >= 0.3 is 0 Å². The number of benzene rings is 1. The highest BCUT2D eigenvalue weighted by Gasteiger charge is 2.31. The highest BCUT2D eigenvalue weighted by atomic mass is 35.5. The molecule has 1 fully saturated rings. The number of aliphatic hydroxyl groups is 2. The van der Waals surface area contributed by atoms with Crippen molar-refractivity contribution in [3.63, 3.8) is 0 Å². The van der Waals surface area contributed by atoms with Gasteiger partial charge in [0, 0.05) is 30.8 Å². The zero-order valence-electron chi connectivity index (χ0n) is 13.2. The Morgan fingerprint density at radius 3 is 2.29 bits per heavy atom. The van der Waals surface area contributed by atoms with E-state index in [-0.39, 0.29) is 35.8 Å². The number of nitrogens with zero attached hydrogens (tertiary/aromatic N) is 1. The molecule has 24 heavy (non-hydrogen) atoms. The molecule has 1 amide bonds. The first-order valence-corrected chi connectivity index (χ1v) is 8.58. The normalized spacial score (nSPS) is 17.3. The molecule has 1 aromatic rings. The van der Waals surface area contributed by atoms with Gasteiger partial charge in [0.25, 0.3) is 0 Å². The molecule has 0 unspecified atom stereocenters. The van der Waals surface area contributed by atoms with Crippen molar-refractivity contribution < 1.29 is 20.1 Å². The van der Waals surface area contributed by atoms with Crippen LogP contribution in [0.15, 0.2) is 12.1 Å². The number of nitrogens with two attached hydrogens (primary N) is 1. The van der Waals surface area contributed by atoms with Crippen molar-refractivity contribution in [1.29, 1.82) is 0 Å². The Morgan fingerprint density at radius 2 is 1.75 bits per heavy atom. The van der Waals surface area contributed by atoms with Gasteiger partial charge in [-0.05, 0) is 24.8 Å². The molecule has 134 valence electrons. The van der Waals surface area contributed by atoms with E-state index in [1.165, 1.54) is 6.07 Å². The van der Waals surface area contributed by atoms with Crippen LogP contribution in [-0.2, 0) is 4.79 Å². The van der Waals surface area contributed by atoms with Crippen LogP contribution < -0.4 is 5.73 Å². The lowest BCUT2D eigenvalue weighted by molar-refractivity contribution is -0.139. The molecule has 1 aromatic carbocycles. The number of hydrogen-bond acceptors (Lipinski definition) is 5. The molecule has 8 heteroatoms. The summed E-state index contributed by atoms with van der Waals surface area (Å²) in [4.78, 5) is 13.8. The molecule has 1 aliphatic heterocycles. The van der Waals surface area contributed by atoms with Crippen LogP contribution >= 0.6 is 23.2 Å². The predicted molar refractivity (Wildman–Crippen MR) is 92.0 cm³/mol. The average Bonchev–Trinajstić information content (AvgIpc) is 2.58. The minimum Gasteiger partial charge on any atom is -0.508 e. The number of phenolic OH excluding ortho intramolecular Hbond substituents is 1. The second kappa shape index (κ2) is 8.36. The van der Waals surface area contributed by atoms with E-state index >= 15 is 0 Å². The number of hydrogen-bond donors (Lipinski definition) is 4. The molecule has 0 radical (unpaired) electrons. The van der Waals surface area contributed by atoms with Gasteiger partial charge in [0.2, 0.25) is 5.91 Å². The smallest absolute Gasteiger partial charge is 0.230 e. The number of phenols is 1. The Balaban J connectivity index is 2.02. The summed E-state index contributed by atoms with van der Waals surface area (Å²) in [5.41, 5.74) is 6.82. The Bertz CT molecular complexity index is 588. The molecule has 1 aliphatic rings. The highest BCUT2D eigenvalue weighted by Crippen LogP contribution is 2.37. The van der Waals surface area contributed by atoms with Crippen LogP contribution in [-0.4, -0.2) is 52.4 Å². The van der Waals surface area contributed by atoms with E-state index in [4.69, 9.17) is 39.1 Å². The Labute approximate surface area is 150 Å². The molecule has 2 rings (SSSR count). The number of piperidine rings is 1. The summed E-state index contributed by atoms with van der Waals surface area (Å²) in [7, 11) is 0. The fourth-order valence-electron chi connectivity index (χ4n) is 3.02. The maximum atomic E-state index is 12.1. The van der Waals surface area contributed by atoms with Gasteiger partial charge in [0.05, 0.1) is 29.2 Å². The molecule has 5 N–H and O–H groups in total. The van der Waals surface area contributed by atoms with Crippen molar-refractivity contribution in [3.8, 4) is 5.75 Å². The number of carbonyl (C=O) groups is 1. The zero-order valence-corrected chi connectivity index (χ0v) is 14.7. The van der Waals surface area contributed by atoms with Crippen molar-refractivity contribution in [2.45, 2.75) is 18.9 Å². The SMILES string of the molecule is N[C@@H](c1cc(Cl)c(Cl)cc1O)C1CCN(C(=O)C(CO)CO)CC1. The van der Waals surface area contributed by atoms with Crippen molar-refractivity contribution in [2.75, 3.05) is 26.3 Å². The molecule has 0 aromatic heterocycles. The molecular weight excluding hydrogens is 355 g/mol. The fraction of sp³-hybridized carbons (Fsp3) is 0.562. The number of carbonyl (C=O) groups excluding carboxylic acids is 1. The number of amides is 1. The summed E-state index contributed by atoms with van der Waals surface area (Å²) in [6, 6.07) is 2.54. The van der Waals surface area contributed by atoms with Gasteiger partial charge in [-0.1, -0.05) is 23.2 Å². The Morgan fingerprint density at radius 1 is 1.21 bits per heavy atom. The van der Waals surface area contributed by atoms with Gasteiger partial charge < -0.3 is 26.0 Å². The lowest BCUT2D eigenvalue weighted by Crippen LogP contribution is -2.45. The van der Waals surface area contributed by atoms with Gasteiger partial charge in [0.1, 0.15) is 5.75 Å². The largest absolute Gasteiger partial charge is 0.508 e. The minimum atomic E-state index is -0.769. The molecule has 1 heterocycles. The highest BCUT2D eigenvalue weighted by molar-refractivity contribution is 6.42. The third kappa shape index (κ3) is 4.13. The zero-order chi connectivity index (χ0) is 17.9. The third-order valence-electron chi connectivity index (χ3n) is 4.58. The minimum absolute atomic E-state index is 0.0102. The summed E-state index contributed by atoms with van der Waals surface area (Å²) < 4.78 is 0. The van der Waals surface area contributed by atoms with Gasteiger partial charge in [-0.2, -0.15) is 0 Å². The van der Waals surface area contributed by atoms with Crippen molar-refractivity contribution in [3.05, 3.63) is 27.7 Å². The van der Waals surface area contributed by atoms with E-state index in [0.717, 1.165) is 0 Å². The van der Waals surface area contributed by atoms with Crippen LogP contribution in [0.25, 0.3) is 0 Å². The monoisotopic (exact) mass is 376 g/mol. The van der Waals surface area contributed by atoms with E-state index in [1.54, 1.807) is 11.0 Å². The molecule has 0 bridgehead atoms. The predicted octanol–water partition coefficient (Wildman–Crippen LogP) is 1.54. The number of aromatic hydroxyl groups is 1. The summed E-state index contributed by atoms with van der Waals surface area (Å²) in [5.74, 6) is -0.923. The van der Waals surface area contributed by atoms with Crippen LogP contribution in [0, 0.1) is 11.8 Å². The van der Waals surface area contributed by atoms with Crippen LogP contribution in [0.5, 0.6) is 5.75 Å². The molecule has 0 saturated carbocycles. The maximum absolute atomic E-state index is 12.1. The van der Waals surface area contributed by atoms with E-state index in [1.807, 2.05) is 0 Å².